The van der Waals surface area contributed by atoms with E-state index in [9.17, 15) is 4.79 Å². The van der Waals surface area contributed by atoms with E-state index in [-0.39, 0.29) is 5.56 Å². The topological polar surface area (TPSA) is 87.5 Å². The van der Waals surface area contributed by atoms with E-state index in [0.717, 1.165) is 16.8 Å². The van der Waals surface area contributed by atoms with E-state index in [1.165, 1.54) is 11.8 Å². The molecular formula is C23H21N5O3S. The van der Waals surface area contributed by atoms with Crippen molar-refractivity contribution in [2.24, 2.45) is 0 Å². The number of oxazole rings is 1. The van der Waals surface area contributed by atoms with Crippen LogP contribution in [0.15, 0.2) is 75.2 Å². The Hall–Kier alpha value is -3.43. The molecule has 0 N–H and O–H groups in total. The number of para-hydroxylation sites is 1. The number of hydrogen-bond acceptors (Lipinski definition) is 7. The van der Waals surface area contributed by atoms with Gasteiger partial charge < -0.3 is 9.15 Å². The summed E-state index contributed by atoms with van der Waals surface area (Å²) in [6, 6.07) is 17.4. The highest BCUT2D eigenvalue weighted by Gasteiger charge is 2.17. The van der Waals surface area contributed by atoms with Crippen LogP contribution in [0.2, 0.25) is 0 Å². The lowest BCUT2D eigenvalue weighted by Crippen LogP contribution is -2.24. The fraction of sp³-hybridized carbons (Fsp3) is 0.217. The molecule has 0 saturated heterocycles. The fourth-order valence-electron chi connectivity index (χ4n) is 3.63. The maximum atomic E-state index is 13.1. The van der Waals surface area contributed by atoms with Gasteiger partial charge in [0.15, 0.2) is 10.9 Å². The number of nitrogens with zero attached hydrogens (tertiary/aromatic N) is 5. The number of hydrogen-bond donors (Lipinski definition) is 0. The van der Waals surface area contributed by atoms with Crippen molar-refractivity contribution >= 4 is 28.4 Å². The van der Waals surface area contributed by atoms with Crippen molar-refractivity contribution in [1.29, 1.82) is 0 Å². The highest BCUT2D eigenvalue weighted by atomic mass is 32.2. The average molecular weight is 448 g/mol. The Morgan fingerprint density at radius 1 is 1.06 bits per heavy atom. The number of aryl methyl sites for hydroxylation is 1. The third kappa shape index (κ3) is 3.80. The number of rotatable bonds is 8. The predicted octanol–water partition coefficient (Wildman–Crippen LogP) is 4.03. The van der Waals surface area contributed by atoms with Crippen LogP contribution in [0.1, 0.15) is 12.3 Å². The number of fused-ring (bicyclic) bond motifs is 3. The molecule has 0 spiro atoms. The Morgan fingerprint density at radius 3 is 2.72 bits per heavy atom. The summed E-state index contributed by atoms with van der Waals surface area (Å²) in [5.41, 5.74) is 1.68. The third-order valence-electron chi connectivity index (χ3n) is 5.15. The second kappa shape index (κ2) is 8.97. The maximum Gasteiger partial charge on any atom is 0.262 e. The average Bonchev–Trinajstić information content (AvgIpc) is 3.48. The van der Waals surface area contributed by atoms with Crippen LogP contribution in [-0.4, -0.2) is 37.9 Å². The lowest BCUT2D eigenvalue weighted by molar-refractivity contribution is 0.190. The first kappa shape index (κ1) is 20.5. The van der Waals surface area contributed by atoms with Crippen molar-refractivity contribution in [3.63, 3.8) is 0 Å². The maximum absolute atomic E-state index is 13.1. The highest BCUT2D eigenvalue weighted by Crippen LogP contribution is 2.27. The minimum absolute atomic E-state index is 0.0756. The standard InChI is InChI=1S/C23H21N5O3S/c1-30-13-7-12-27-21(29)17-10-5-6-11-18(17)28-22(27)25-26-23(28)32-15-20-24-14-19(31-20)16-8-3-2-4-9-16/h2-6,8-11,14H,7,12-13,15H2,1H3. The fourth-order valence-corrected chi connectivity index (χ4v) is 4.43. The molecule has 0 radical (unpaired) electrons. The highest BCUT2D eigenvalue weighted by molar-refractivity contribution is 7.98. The molecule has 3 aromatic heterocycles. The molecule has 162 valence electrons. The van der Waals surface area contributed by atoms with Crippen molar-refractivity contribution < 1.29 is 9.15 Å². The van der Waals surface area contributed by atoms with Gasteiger partial charge in [0.1, 0.15) is 0 Å². The van der Waals surface area contributed by atoms with Crippen LogP contribution in [-0.2, 0) is 17.0 Å². The summed E-state index contributed by atoms with van der Waals surface area (Å²) in [6.07, 6.45) is 2.44. The molecule has 0 fully saturated rings. The molecule has 0 aliphatic rings. The lowest BCUT2D eigenvalue weighted by Gasteiger charge is -2.10. The van der Waals surface area contributed by atoms with Gasteiger partial charge in [0, 0.05) is 25.8 Å². The second-order valence-corrected chi connectivity index (χ2v) is 8.15. The van der Waals surface area contributed by atoms with Crippen molar-refractivity contribution in [1.82, 2.24) is 24.1 Å². The summed E-state index contributed by atoms with van der Waals surface area (Å²) in [5.74, 6) is 2.34. The molecule has 0 bridgehead atoms. The molecule has 32 heavy (non-hydrogen) atoms. The number of benzene rings is 2. The lowest BCUT2D eigenvalue weighted by atomic mass is 10.2. The molecule has 3 heterocycles. The Morgan fingerprint density at radius 2 is 1.88 bits per heavy atom. The molecule has 0 atom stereocenters. The first-order valence-corrected chi connectivity index (χ1v) is 11.2. The molecule has 2 aromatic carbocycles. The molecule has 5 rings (SSSR count). The Labute approximate surface area is 187 Å². The van der Waals surface area contributed by atoms with Gasteiger partial charge in [-0.2, -0.15) is 0 Å². The summed E-state index contributed by atoms with van der Waals surface area (Å²) in [5, 5.41) is 10.0. The van der Waals surface area contributed by atoms with Crippen molar-refractivity contribution in [2.75, 3.05) is 13.7 Å². The van der Waals surface area contributed by atoms with Crippen LogP contribution in [0.5, 0.6) is 0 Å². The molecule has 9 heteroatoms. The van der Waals surface area contributed by atoms with Crippen molar-refractivity contribution in [3.05, 3.63) is 77.0 Å². The number of thioether (sulfide) groups is 1. The van der Waals surface area contributed by atoms with Gasteiger partial charge in [-0.1, -0.05) is 54.2 Å². The molecule has 0 unspecified atom stereocenters. The van der Waals surface area contributed by atoms with Crippen molar-refractivity contribution in [2.45, 2.75) is 23.9 Å². The van der Waals surface area contributed by atoms with E-state index in [1.54, 1.807) is 17.9 Å². The van der Waals surface area contributed by atoms with Crippen LogP contribution < -0.4 is 5.56 Å². The zero-order chi connectivity index (χ0) is 21.9. The minimum Gasteiger partial charge on any atom is -0.440 e. The van der Waals surface area contributed by atoms with Gasteiger partial charge in [-0.3, -0.25) is 13.8 Å². The van der Waals surface area contributed by atoms with Gasteiger partial charge in [0.25, 0.3) is 5.56 Å². The predicted molar refractivity (Wildman–Crippen MR) is 123 cm³/mol. The van der Waals surface area contributed by atoms with E-state index >= 15 is 0 Å². The molecule has 0 aliphatic carbocycles. The monoisotopic (exact) mass is 447 g/mol. The summed E-state index contributed by atoms with van der Waals surface area (Å²) in [7, 11) is 1.65. The largest absolute Gasteiger partial charge is 0.440 e. The Bertz CT molecular complexity index is 1420. The Balaban J connectivity index is 1.49. The number of methoxy groups -OCH3 is 1. The van der Waals surface area contributed by atoms with Gasteiger partial charge in [-0.15, -0.1) is 10.2 Å². The van der Waals surface area contributed by atoms with Gasteiger partial charge in [-0.05, 0) is 18.6 Å². The van der Waals surface area contributed by atoms with E-state index in [2.05, 4.69) is 15.2 Å². The Kier molecular flexibility index (Phi) is 5.74. The van der Waals surface area contributed by atoms with Gasteiger partial charge in [0.2, 0.25) is 11.7 Å². The normalized spacial score (nSPS) is 11.5. The molecule has 8 nitrogen and oxygen atoms in total. The SMILES string of the molecule is COCCCn1c(=O)c2ccccc2n2c(SCc3ncc(-c4ccccc4)o3)nnc12. The molecule has 0 saturated carbocycles. The van der Waals surface area contributed by atoms with Crippen LogP contribution in [0.3, 0.4) is 0 Å². The zero-order valence-corrected chi connectivity index (χ0v) is 18.3. The van der Waals surface area contributed by atoms with Crippen molar-refractivity contribution in [3.8, 4) is 11.3 Å². The van der Waals surface area contributed by atoms with E-state index in [4.69, 9.17) is 9.15 Å². The zero-order valence-electron chi connectivity index (χ0n) is 17.5. The minimum atomic E-state index is -0.0756. The second-order valence-electron chi connectivity index (χ2n) is 7.21. The summed E-state index contributed by atoms with van der Waals surface area (Å²) in [4.78, 5) is 17.5. The number of ether oxygens (including phenoxy) is 1. The smallest absolute Gasteiger partial charge is 0.262 e. The first-order chi connectivity index (χ1) is 15.8. The summed E-state index contributed by atoms with van der Waals surface area (Å²) >= 11 is 1.47. The molecule has 5 aromatic rings. The van der Waals surface area contributed by atoms with Crippen LogP contribution in [0, 0.1) is 0 Å². The van der Waals surface area contributed by atoms with Gasteiger partial charge >= 0.3 is 0 Å². The third-order valence-corrected chi connectivity index (χ3v) is 6.06. The number of aromatic nitrogens is 5. The summed E-state index contributed by atoms with van der Waals surface area (Å²) in [6.45, 7) is 1.07. The molecule has 0 amide bonds. The van der Waals surface area contributed by atoms with E-state index in [0.29, 0.717) is 47.5 Å². The summed E-state index contributed by atoms with van der Waals surface area (Å²) < 4.78 is 14.7. The first-order valence-electron chi connectivity index (χ1n) is 10.2. The van der Waals surface area contributed by atoms with Crippen LogP contribution in [0.4, 0.5) is 0 Å². The van der Waals surface area contributed by atoms with Crippen LogP contribution in [0.25, 0.3) is 28.0 Å². The quantitative estimate of drug-likeness (QED) is 0.262. The van der Waals surface area contributed by atoms with E-state index < -0.39 is 0 Å². The molecule has 0 aliphatic heterocycles. The molecular weight excluding hydrogens is 426 g/mol. The van der Waals surface area contributed by atoms with Crippen LogP contribution >= 0.6 is 11.8 Å². The van der Waals surface area contributed by atoms with E-state index in [1.807, 2.05) is 59.0 Å². The van der Waals surface area contributed by atoms with Gasteiger partial charge in [-0.25, -0.2) is 4.98 Å². The van der Waals surface area contributed by atoms with Gasteiger partial charge in [0.05, 0.1) is 22.9 Å².